The van der Waals surface area contributed by atoms with Crippen LogP contribution in [-0.2, 0) is 17.7 Å². The second-order valence-electron chi connectivity index (χ2n) is 4.53. The summed E-state index contributed by atoms with van der Waals surface area (Å²) in [6.45, 7) is 1.65. The molecule has 0 fully saturated rings. The maximum Gasteiger partial charge on any atom is 0.231 e. The molecule has 0 saturated carbocycles. The molecule has 0 bridgehead atoms. The highest BCUT2D eigenvalue weighted by Crippen LogP contribution is 2.42. The largest absolute Gasteiger partial charge is 0.502 e. The standard InChI is InChI=1S/C13H14ClNO5S/c1-7(15-21(18)19)6-10-11(16)12(17)13(20-10)8-2-4-9(14)5-3-8/h2-5,7,15-17H,6H2,1H3,(H,18,19). The minimum Gasteiger partial charge on any atom is -0.502 e. The molecule has 21 heavy (non-hydrogen) atoms. The summed E-state index contributed by atoms with van der Waals surface area (Å²) in [5, 5.41) is 20.4. The third-order valence-electron chi connectivity index (χ3n) is 2.83. The number of nitrogens with one attached hydrogen (secondary N) is 1. The van der Waals surface area contributed by atoms with Gasteiger partial charge in [-0.1, -0.05) is 11.6 Å². The third-order valence-corrected chi connectivity index (χ3v) is 3.68. The summed E-state index contributed by atoms with van der Waals surface area (Å²) in [7, 11) is 0. The summed E-state index contributed by atoms with van der Waals surface area (Å²) in [6.07, 6.45) is 0.138. The van der Waals surface area contributed by atoms with E-state index in [9.17, 15) is 14.4 Å². The maximum atomic E-state index is 10.7. The van der Waals surface area contributed by atoms with E-state index in [1.165, 1.54) is 0 Å². The first-order chi connectivity index (χ1) is 9.88. The number of hydrogen-bond donors (Lipinski definition) is 4. The van der Waals surface area contributed by atoms with Crippen LogP contribution in [0.2, 0.25) is 5.02 Å². The Morgan fingerprint density at radius 1 is 1.29 bits per heavy atom. The van der Waals surface area contributed by atoms with Crippen molar-refractivity contribution >= 4 is 22.9 Å². The quantitative estimate of drug-likeness (QED) is 0.631. The van der Waals surface area contributed by atoms with Gasteiger partial charge in [-0.3, -0.25) is 4.55 Å². The molecule has 2 atom stereocenters. The lowest BCUT2D eigenvalue weighted by Crippen LogP contribution is -2.29. The Hall–Kier alpha value is -1.54. The normalized spacial score (nSPS) is 14.0. The lowest BCUT2D eigenvalue weighted by Gasteiger charge is -2.08. The topological polar surface area (TPSA) is 103 Å². The Kier molecular flexibility index (Phi) is 4.89. The predicted molar refractivity (Wildman–Crippen MR) is 79.6 cm³/mol. The van der Waals surface area contributed by atoms with Gasteiger partial charge < -0.3 is 14.6 Å². The molecule has 6 nitrogen and oxygen atoms in total. The zero-order valence-corrected chi connectivity index (χ0v) is 12.6. The van der Waals surface area contributed by atoms with Gasteiger partial charge in [-0.15, -0.1) is 0 Å². The van der Waals surface area contributed by atoms with Crippen LogP contribution in [-0.4, -0.2) is 25.0 Å². The van der Waals surface area contributed by atoms with E-state index in [1.54, 1.807) is 31.2 Å². The van der Waals surface area contributed by atoms with Gasteiger partial charge in [-0.25, -0.2) is 8.93 Å². The molecular formula is C13H14ClNO5S. The molecule has 1 aromatic heterocycles. The van der Waals surface area contributed by atoms with Crippen molar-refractivity contribution in [3.05, 3.63) is 35.0 Å². The van der Waals surface area contributed by atoms with Crippen molar-refractivity contribution in [2.45, 2.75) is 19.4 Å². The smallest absolute Gasteiger partial charge is 0.231 e. The molecular weight excluding hydrogens is 318 g/mol. The average molecular weight is 332 g/mol. The van der Waals surface area contributed by atoms with Crippen LogP contribution in [0.15, 0.2) is 28.7 Å². The molecule has 2 rings (SSSR count). The monoisotopic (exact) mass is 331 g/mol. The van der Waals surface area contributed by atoms with Gasteiger partial charge in [0.05, 0.1) is 0 Å². The minimum atomic E-state index is -2.16. The fraction of sp³-hybridized carbons (Fsp3) is 0.231. The minimum absolute atomic E-state index is 0.122. The summed E-state index contributed by atoms with van der Waals surface area (Å²) >= 11 is 3.63. The van der Waals surface area contributed by atoms with Crippen molar-refractivity contribution in [3.63, 3.8) is 0 Å². The Morgan fingerprint density at radius 2 is 1.90 bits per heavy atom. The van der Waals surface area contributed by atoms with E-state index in [0.717, 1.165) is 0 Å². The first-order valence-electron chi connectivity index (χ1n) is 6.05. The molecule has 114 valence electrons. The summed E-state index contributed by atoms with van der Waals surface area (Å²) in [4.78, 5) is 0. The number of rotatable bonds is 5. The van der Waals surface area contributed by atoms with Gasteiger partial charge in [0.25, 0.3) is 0 Å². The summed E-state index contributed by atoms with van der Waals surface area (Å²) in [6, 6.07) is 6.14. The lowest BCUT2D eigenvalue weighted by atomic mass is 10.1. The number of benzene rings is 1. The Labute approximate surface area is 128 Å². The van der Waals surface area contributed by atoms with E-state index in [4.69, 9.17) is 20.6 Å². The second-order valence-corrected chi connectivity index (χ2v) is 5.70. The van der Waals surface area contributed by atoms with Crippen molar-refractivity contribution < 1.29 is 23.4 Å². The van der Waals surface area contributed by atoms with Crippen molar-refractivity contribution in [2.24, 2.45) is 0 Å². The molecule has 0 saturated heterocycles. The number of furan rings is 1. The fourth-order valence-electron chi connectivity index (χ4n) is 1.89. The Morgan fingerprint density at radius 3 is 2.48 bits per heavy atom. The summed E-state index contributed by atoms with van der Waals surface area (Å²) in [5.74, 6) is -0.499. The third kappa shape index (κ3) is 3.76. The van der Waals surface area contributed by atoms with Crippen LogP contribution in [0.4, 0.5) is 0 Å². The van der Waals surface area contributed by atoms with Gasteiger partial charge in [-0.2, -0.15) is 0 Å². The molecule has 0 spiro atoms. The molecule has 0 amide bonds. The van der Waals surface area contributed by atoms with Crippen molar-refractivity contribution in [3.8, 4) is 22.8 Å². The van der Waals surface area contributed by atoms with Gasteiger partial charge in [0, 0.05) is 23.0 Å². The lowest BCUT2D eigenvalue weighted by molar-refractivity contribution is 0.398. The SMILES string of the molecule is CC(Cc1oc(-c2ccc(Cl)cc2)c(O)c1O)NS(=O)O. The highest BCUT2D eigenvalue weighted by molar-refractivity contribution is 7.77. The maximum absolute atomic E-state index is 10.7. The number of aromatic hydroxyl groups is 2. The van der Waals surface area contributed by atoms with Gasteiger partial charge in [0.2, 0.25) is 22.8 Å². The van der Waals surface area contributed by atoms with Crippen LogP contribution in [0.1, 0.15) is 12.7 Å². The molecule has 2 unspecified atom stereocenters. The molecule has 0 aliphatic heterocycles. The van der Waals surface area contributed by atoms with Crippen LogP contribution >= 0.6 is 11.6 Å². The molecule has 2 aromatic rings. The van der Waals surface area contributed by atoms with Crippen LogP contribution in [0.3, 0.4) is 0 Å². The fourth-order valence-corrected chi connectivity index (χ4v) is 2.44. The predicted octanol–water partition coefficient (Wildman–Crippen LogP) is 2.67. The van der Waals surface area contributed by atoms with E-state index in [1.807, 2.05) is 0 Å². The van der Waals surface area contributed by atoms with Crippen LogP contribution < -0.4 is 4.72 Å². The molecule has 0 aliphatic carbocycles. The van der Waals surface area contributed by atoms with Crippen LogP contribution in [0.5, 0.6) is 11.5 Å². The molecule has 0 aliphatic rings. The van der Waals surface area contributed by atoms with E-state index < -0.39 is 17.3 Å². The van der Waals surface area contributed by atoms with Crippen molar-refractivity contribution in [2.75, 3.05) is 0 Å². The van der Waals surface area contributed by atoms with Gasteiger partial charge in [0.1, 0.15) is 0 Å². The highest BCUT2D eigenvalue weighted by Gasteiger charge is 2.22. The summed E-state index contributed by atoms with van der Waals surface area (Å²) in [5.41, 5.74) is 0.560. The van der Waals surface area contributed by atoms with Crippen LogP contribution in [0.25, 0.3) is 11.3 Å². The Balaban J connectivity index is 2.28. The zero-order valence-electron chi connectivity index (χ0n) is 11.0. The molecule has 1 heterocycles. The zero-order chi connectivity index (χ0) is 15.6. The molecule has 0 radical (unpaired) electrons. The van der Waals surface area contributed by atoms with Crippen molar-refractivity contribution in [1.82, 2.24) is 4.72 Å². The van der Waals surface area contributed by atoms with Crippen molar-refractivity contribution in [1.29, 1.82) is 0 Å². The van der Waals surface area contributed by atoms with Gasteiger partial charge in [-0.05, 0) is 31.2 Å². The Bertz CT molecular complexity index is 655. The van der Waals surface area contributed by atoms with Gasteiger partial charge >= 0.3 is 0 Å². The second kappa shape index (κ2) is 6.48. The number of hydrogen-bond acceptors (Lipinski definition) is 4. The highest BCUT2D eigenvalue weighted by atomic mass is 35.5. The first kappa shape index (κ1) is 15.8. The number of halogens is 1. The van der Waals surface area contributed by atoms with Crippen LogP contribution in [0, 0.1) is 0 Å². The van der Waals surface area contributed by atoms with Gasteiger partial charge in [0.15, 0.2) is 11.5 Å². The van der Waals surface area contributed by atoms with E-state index in [-0.39, 0.29) is 29.4 Å². The molecule has 4 N–H and O–H groups in total. The first-order valence-corrected chi connectivity index (χ1v) is 7.53. The van der Waals surface area contributed by atoms with E-state index in [0.29, 0.717) is 10.6 Å². The van der Waals surface area contributed by atoms with E-state index >= 15 is 0 Å². The average Bonchev–Trinajstić information content (AvgIpc) is 2.67. The van der Waals surface area contributed by atoms with E-state index in [2.05, 4.69) is 4.72 Å². The molecule has 1 aromatic carbocycles. The summed E-state index contributed by atoms with van der Waals surface area (Å²) < 4.78 is 27.2. The molecule has 8 heteroatoms.